The van der Waals surface area contributed by atoms with Crippen LogP contribution in [0.4, 0.5) is 13.2 Å². The van der Waals surface area contributed by atoms with Gasteiger partial charge in [0.15, 0.2) is 6.61 Å². The third-order valence-electron chi connectivity index (χ3n) is 0.850. The van der Waals surface area contributed by atoms with Gasteiger partial charge in [0.2, 0.25) is 5.69 Å². The second-order valence-electron chi connectivity index (χ2n) is 2.19. The maximum absolute atomic E-state index is 11.6. The molecular weight excluding hydrogens is 244 g/mol. The Balaban J connectivity index is 3.83. The van der Waals surface area contributed by atoms with E-state index in [-0.39, 0.29) is 0 Å². The molecular formula is C5H10F3O2PS2. The molecule has 1 N–H and O–H groups in total. The highest BCUT2D eigenvalue weighted by Gasteiger charge is 2.31. The van der Waals surface area contributed by atoms with Crippen molar-refractivity contribution in [3.8, 4) is 0 Å². The van der Waals surface area contributed by atoms with Gasteiger partial charge in [0.05, 0.1) is 0 Å². The topological polar surface area (TPSA) is 29.5 Å². The van der Waals surface area contributed by atoms with Crippen LogP contribution >= 0.6 is 17.1 Å². The lowest BCUT2D eigenvalue weighted by atomic mass is 10.6. The molecule has 0 aromatic heterocycles. The molecule has 0 amide bonds. The van der Waals surface area contributed by atoms with E-state index in [0.29, 0.717) is 5.75 Å². The van der Waals surface area contributed by atoms with Gasteiger partial charge in [0.1, 0.15) is 0 Å². The van der Waals surface area contributed by atoms with E-state index in [1.54, 1.807) is 0 Å². The zero-order chi connectivity index (χ0) is 10.5. The SMILES string of the molecule is CCCSP(O)(=S)OCC(F)(F)F. The predicted molar refractivity (Wildman–Crippen MR) is 51.3 cm³/mol. The lowest BCUT2D eigenvalue weighted by molar-refractivity contribution is -0.152. The normalized spacial score (nSPS) is 17.0. The molecule has 1 unspecified atom stereocenters. The summed E-state index contributed by atoms with van der Waals surface area (Å²) in [6.07, 6.45) is -3.70. The summed E-state index contributed by atoms with van der Waals surface area (Å²) in [5, 5.41) is 0. The molecule has 0 aliphatic rings. The Morgan fingerprint density at radius 2 is 2.08 bits per heavy atom. The summed E-state index contributed by atoms with van der Waals surface area (Å²) in [4.78, 5) is 9.18. The predicted octanol–water partition coefficient (Wildman–Crippen LogP) is 2.93. The smallest absolute Gasteiger partial charge is 0.337 e. The Labute approximate surface area is 83.8 Å². The van der Waals surface area contributed by atoms with Crippen molar-refractivity contribution < 1.29 is 22.6 Å². The molecule has 8 heteroatoms. The van der Waals surface area contributed by atoms with Gasteiger partial charge < -0.3 is 9.42 Å². The van der Waals surface area contributed by atoms with Crippen LogP contribution in [0.1, 0.15) is 13.3 Å². The lowest BCUT2D eigenvalue weighted by Crippen LogP contribution is -2.15. The van der Waals surface area contributed by atoms with Crippen molar-refractivity contribution in [2.45, 2.75) is 19.5 Å². The third kappa shape index (κ3) is 9.02. The van der Waals surface area contributed by atoms with E-state index >= 15 is 0 Å². The Hall–Kier alpha value is 0.710. The van der Waals surface area contributed by atoms with Gasteiger partial charge >= 0.3 is 6.18 Å². The van der Waals surface area contributed by atoms with Crippen molar-refractivity contribution in [2.24, 2.45) is 0 Å². The summed E-state index contributed by atoms with van der Waals surface area (Å²) in [6, 6.07) is 0. The van der Waals surface area contributed by atoms with Gasteiger partial charge in [-0.1, -0.05) is 18.3 Å². The van der Waals surface area contributed by atoms with Crippen LogP contribution in [-0.4, -0.2) is 23.4 Å². The fraction of sp³-hybridized carbons (Fsp3) is 1.00. The summed E-state index contributed by atoms with van der Waals surface area (Å²) < 4.78 is 39.1. The highest BCUT2D eigenvalue weighted by molar-refractivity contribution is 8.67. The first-order chi connectivity index (χ1) is 5.77. The highest BCUT2D eigenvalue weighted by Crippen LogP contribution is 2.56. The first-order valence-electron chi connectivity index (χ1n) is 3.45. The van der Waals surface area contributed by atoms with Crippen molar-refractivity contribution >= 4 is 28.9 Å². The van der Waals surface area contributed by atoms with Gasteiger partial charge in [-0.15, -0.1) is 0 Å². The number of hydrogen-bond acceptors (Lipinski definition) is 3. The van der Waals surface area contributed by atoms with Crippen LogP contribution in [0.5, 0.6) is 0 Å². The minimum atomic E-state index is -4.43. The molecule has 0 radical (unpaired) electrons. The Morgan fingerprint density at radius 3 is 2.46 bits per heavy atom. The Morgan fingerprint density at radius 1 is 1.54 bits per heavy atom. The van der Waals surface area contributed by atoms with E-state index in [1.807, 2.05) is 6.92 Å². The van der Waals surface area contributed by atoms with Crippen LogP contribution in [0.15, 0.2) is 0 Å². The van der Waals surface area contributed by atoms with E-state index in [1.165, 1.54) is 0 Å². The van der Waals surface area contributed by atoms with Crippen LogP contribution in [-0.2, 0) is 16.3 Å². The van der Waals surface area contributed by atoms with Crippen LogP contribution < -0.4 is 0 Å². The van der Waals surface area contributed by atoms with Crippen molar-refractivity contribution in [3.05, 3.63) is 0 Å². The summed E-state index contributed by atoms with van der Waals surface area (Å²) in [5.74, 6) is 0.506. The van der Waals surface area contributed by atoms with Gasteiger partial charge in [-0.2, -0.15) is 13.2 Å². The second-order valence-corrected chi connectivity index (χ2v) is 8.49. The van der Waals surface area contributed by atoms with E-state index < -0.39 is 18.5 Å². The number of rotatable bonds is 5. The molecule has 1 atom stereocenters. The summed E-state index contributed by atoms with van der Waals surface area (Å²) in [7, 11) is 0. The minimum Gasteiger partial charge on any atom is -0.337 e. The fourth-order valence-corrected chi connectivity index (χ4v) is 3.65. The number of halogens is 3. The molecule has 0 saturated carbocycles. The molecule has 2 nitrogen and oxygen atoms in total. The molecule has 0 bridgehead atoms. The van der Waals surface area contributed by atoms with Crippen molar-refractivity contribution in [1.82, 2.24) is 0 Å². The maximum Gasteiger partial charge on any atom is 0.412 e. The van der Waals surface area contributed by atoms with Crippen LogP contribution in [0.3, 0.4) is 0 Å². The van der Waals surface area contributed by atoms with E-state index in [0.717, 1.165) is 17.8 Å². The molecule has 0 fully saturated rings. The maximum atomic E-state index is 11.6. The molecule has 0 saturated heterocycles. The van der Waals surface area contributed by atoms with Crippen molar-refractivity contribution in [3.63, 3.8) is 0 Å². The Bertz CT molecular complexity index is 197. The second kappa shape index (κ2) is 5.56. The monoisotopic (exact) mass is 254 g/mol. The average Bonchev–Trinajstić information content (AvgIpc) is 1.97. The Kier molecular flexibility index (Phi) is 5.86. The van der Waals surface area contributed by atoms with Crippen molar-refractivity contribution in [2.75, 3.05) is 12.4 Å². The molecule has 0 aromatic rings. The number of hydrogen-bond donors (Lipinski definition) is 1. The quantitative estimate of drug-likeness (QED) is 0.764. The van der Waals surface area contributed by atoms with Crippen LogP contribution in [0.25, 0.3) is 0 Å². The third-order valence-corrected chi connectivity index (χ3v) is 5.33. The standard InChI is InChI=1S/C5H10F3O2PS2/c1-2-3-13-11(9,12)10-4-5(6,7)8/h2-4H2,1H3,(H,9,12). The average molecular weight is 254 g/mol. The summed E-state index contributed by atoms with van der Waals surface area (Å²) in [5.41, 5.74) is -3.28. The molecule has 0 heterocycles. The van der Waals surface area contributed by atoms with Gasteiger partial charge in [0, 0.05) is 5.75 Å². The van der Waals surface area contributed by atoms with Crippen LogP contribution in [0.2, 0.25) is 0 Å². The van der Waals surface area contributed by atoms with Gasteiger partial charge in [-0.05, 0) is 18.2 Å². The summed E-state index contributed by atoms with van der Waals surface area (Å²) >= 11 is 5.36. The lowest BCUT2D eigenvalue weighted by Gasteiger charge is -2.15. The van der Waals surface area contributed by atoms with Crippen LogP contribution in [0, 0.1) is 0 Å². The van der Waals surface area contributed by atoms with E-state index in [2.05, 4.69) is 16.3 Å². The van der Waals surface area contributed by atoms with Gasteiger partial charge in [-0.3, -0.25) is 0 Å². The number of alkyl halides is 3. The molecule has 0 aliphatic carbocycles. The first kappa shape index (κ1) is 13.7. The van der Waals surface area contributed by atoms with Gasteiger partial charge in [0.25, 0.3) is 0 Å². The fourth-order valence-electron chi connectivity index (χ4n) is 0.399. The molecule has 0 rings (SSSR count). The molecule has 0 spiro atoms. The zero-order valence-electron chi connectivity index (χ0n) is 6.87. The molecule has 0 aliphatic heterocycles. The van der Waals surface area contributed by atoms with E-state index in [9.17, 15) is 18.1 Å². The zero-order valence-corrected chi connectivity index (χ0v) is 9.40. The van der Waals surface area contributed by atoms with E-state index in [4.69, 9.17) is 0 Å². The van der Waals surface area contributed by atoms with Crippen molar-refractivity contribution in [1.29, 1.82) is 0 Å². The highest BCUT2D eigenvalue weighted by atomic mass is 32.9. The summed E-state index contributed by atoms with van der Waals surface area (Å²) in [6.45, 7) is 0.365. The molecule has 0 aromatic carbocycles. The largest absolute Gasteiger partial charge is 0.412 e. The minimum absolute atomic E-state index is 0.506. The molecule has 80 valence electrons. The first-order valence-corrected chi connectivity index (χ1v) is 7.72. The molecule has 13 heavy (non-hydrogen) atoms. The van der Waals surface area contributed by atoms with Gasteiger partial charge in [-0.25, -0.2) is 0 Å².